The largest absolute Gasteiger partial charge is 0.497 e. The second-order valence-corrected chi connectivity index (χ2v) is 8.79. The van der Waals surface area contributed by atoms with Crippen molar-refractivity contribution >= 4 is 5.91 Å². The summed E-state index contributed by atoms with van der Waals surface area (Å²) >= 11 is 0. The third kappa shape index (κ3) is 4.17. The second-order valence-electron chi connectivity index (χ2n) is 8.79. The lowest BCUT2D eigenvalue weighted by Crippen LogP contribution is -2.44. The Balaban J connectivity index is 1.21. The van der Waals surface area contributed by atoms with E-state index in [2.05, 4.69) is 34.5 Å². The lowest BCUT2D eigenvalue weighted by molar-refractivity contribution is 0.0757. The topological polar surface area (TPSA) is 50.8 Å². The maximum absolute atomic E-state index is 12.7. The standard InChI is InChI=1S/C25H30N2O3/c1-29-22-8-9-23(25(28)26-19-6-7-19)24(16-22)30-21-10-12-27(13-11-21)20-14-17-4-2-3-5-18(17)15-20/h2-5,8-9,16,19-21H,6-7,10-15H2,1H3,(H,26,28). The molecule has 2 fully saturated rings. The third-order valence-corrected chi connectivity index (χ3v) is 6.66. The number of ether oxygens (including phenoxy) is 2. The van der Waals surface area contributed by atoms with E-state index in [0.29, 0.717) is 29.1 Å². The summed E-state index contributed by atoms with van der Waals surface area (Å²) in [4.78, 5) is 15.3. The van der Waals surface area contributed by atoms with Gasteiger partial charge in [0.2, 0.25) is 0 Å². The molecule has 1 amide bonds. The summed E-state index contributed by atoms with van der Waals surface area (Å²) in [5.74, 6) is 1.31. The first-order valence-electron chi connectivity index (χ1n) is 11.2. The maximum Gasteiger partial charge on any atom is 0.255 e. The van der Waals surface area contributed by atoms with Crippen molar-refractivity contribution in [1.82, 2.24) is 10.2 Å². The Hall–Kier alpha value is -2.53. The SMILES string of the molecule is COc1ccc(C(=O)NC2CC2)c(OC2CCN(C3Cc4ccccc4C3)CC2)c1. The van der Waals surface area contributed by atoms with E-state index in [1.54, 1.807) is 7.11 Å². The Kier molecular flexibility index (Phi) is 5.38. The lowest BCUT2D eigenvalue weighted by atomic mass is 10.0. The Bertz CT molecular complexity index is 891. The number of carbonyl (C=O) groups is 1. The molecular formula is C25H30N2O3. The van der Waals surface area contributed by atoms with Crippen LogP contribution in [0, 0.1) is 0 Å². The van der Waals surface area contributed by atoms with Crippen molar-refractivity contribution in [3.63, 3.8) is 0 Å². The Morgan fingerprint density at radius 1 is 1.00 bits per heavy atom. The van der Waals surface area contributed by atoms with Crippen molar-refractivity contribution < 1.29 is 14.3 Å². The summed E-state index contributed by atoms with van der Waals surface area (Å²) in [7, 11) is 1.64. The van der Waals surface area contributed by atoms with Crippen LogP contribution in [0.25, 0.3) is 0 Å². The highest BCUT2D eigenvalue weighted by atomic mass is 16.5. The molecule has 5 heteroatoms. The number of hydrogen-bond acceptors (Lipinski definition) is 4. The zero-order valence-electron chi connectivity index (χ0n) is 17.6. The molecule has 3 aliphatic rings. The first-order chi connectivity index (χ1) is 14.7. The molecule has 0 atom stereocenters. The van der Waals surface area contributed by atoms with Crippen molar-refractivity contribution in [1.29, 1.82) is 0 Å². The predicted octanol–water partition coefficient (Wildman–Crippen LogP) is 3.60. The van der Waals surface area contributed by atoms with Gasteiger partial charge in [-0.1, -0.05) is 24.3 Å². The number of fused-ring (bicyclic) bond motifs is 1. The molecule has 2 aliphatic carbocycles. The number of likely N-dealkylation sites (tertiary alicyclic amines) is 1. The van der Waals surface area contributed by atoms with Gasteiger partial charge in [-0.2, -0.15) is 0 Å². The van der Waals surface area contributed by atoms with Crippen LogP contribution >= 0.6 is 0 Å². The van der Waals surface area contributed by atoms with E-state index in [1.807, 2.05) is 18.2 Å². The first-order valence-corrected chi connectivity index (χ1v) is 11.2. The molecule has 2 aromatic carbocycles. The van der Waals surface area contributed by atoms with Gasteiger partial charge in [0, 0.05) is 31.2 Å². The molecule has 0 unspecified atom stereocenters. The Labute approximate surface area is 178 Å². The molecule has 1 heterocycles. The van der Waals surface area contributed by atoms with Crippen molar-refractivity contribution in [2.24, 2.45) is 0 Å². The number of hydrogen-bond donors (Lipinski definition) is 1. The number of amides is 1. The maximum atomic E-state index is 12.7. The van der Waals surface area contributed by atoms with Gasteiger partial charge in [0.1, 0.15) is 17.6 Å². The highest BCUT2D eigenvalue weighted by Gasteiger charge is 2.31. The summed E-state index contributed by atoms with van der Waals surface area (Å²) in [5.41, 5.74) is 3.61. The molecule has 0 radical (unpaired) electrons. The average Bonchev–Trinajstić information content (AvgIpc) is 3.48. The number of rotatable bonds is 6. The van der Waals surface area contributed by atoms with Crippen LogP contribution in [-0.4, -0.2) is 49.2 Å². The van der Waals surface area contributed by atoms with Gasteiger partial charge in [-0.05, 0) is 61.8 Å². The molecular weight excluding hydrogens is 376 g/mol. The van der Waals surface area contributed by atoms with Gasteiger partial charge in [-0.3, -0.25) is 9.69 Å². The molecule has 0 spiro atoms. The minimum Gasteiger partial charge on any atom is -0.497 e. The van der Waals surface area contributed by atoms with Gasteiger partial charge in [0.15, 0.2) is 0 Å². The molecule has 0 aromatic heterocycles. The summed E-state index contributed by atoms with van der Waals surface area (Å²) in [5, 5.41) is 3.07. The molecule has 30 heavy (non-hydrogen) atoms. The number of piperidine rings is 1. The van der Waals surface area contributed by atoms with E-state index in [1.165, 1.54) is 11.1 Å². The number of nitrogens with zero attached hydrogens (tertiary/aromatic N) is 1. The van der Waals surface area contributed by atoms with Crippen LogP contribution in [0.4, 0.5) is 0 Å². The van der Waals surface area contributed by atoms with Crippen LogP contribution in [0.5, 0.6) is 11.5 Å². The molecule has 1 saturated heterocycles. The highest BCUT2D eigenvalue weighted by Crippen LogP contribution is 2.31. The molecule has 1 saturated carbocycles. The summed E-state index contributed by atoms with van der Waals surface area (Å²) in [6, 6.07) is 15.3. The third-order valence-electron chi connectivity index (χ3n) is 6.66. The van der Waals surface area contributed by atoms with Crippen LogP contribution in [0.15, 0.2) is 42.5 Å². The van der Waals surface area contributed by atoms with Gasteiger partial charge in [0.25, 0.3) is 5.91 Å². The van der Waals surface area contributed by atoms with E-state index in [0.717, 1.165) is 51.6 Å². The summed E-state index contributed by atoms with van der Waals surface area (Å²) in [6.45, 7) is 2.08. The van der Waals surface area contributed by atoms with Crippen molar-refractivity contribution in [2.45, 2.75) is 56.7 Å². The molecule has 1 N–H and O–H groups in total. The van der Waals surface area contributed by atoms with Crippen LogP contribution in [-0.2, 0) is 12.8 Å². The van der Waals surface area contributed by atoms with Crippen LogP contribution in [0.2, 0.25) is 0 Å². The normalized spacial score (nSPS) is 20.0. The van der Waals surface area contributed by atoms with E-state index in [4.69, 9.17) is 9.47 Å². The number of benzene rings is 2. The molecule has 2 aromatic rings. The lowest BCUT2D eigenvalue weighted by Gasteiger charge is -2.36. The van der Waals surface area contributed by atoms with Crippen LogP contribution in [0.1, 0.15) is 47.2 Å². The van der Waals surface area contributed by atoms with Gasteiger partial charge < -0.3 is 14.8 Å². The minimum absolute atomic E-state index is 0.0451. The molecule has 0 bridgehead atoms. The number of nitrogens with one attached hydrogen (secondary N) is 1. The molecule has 1 aliphatic heterocycles. The van der Waals surface area contributed by atoms with E-state index in [-0.39, 0.29) is 12.0 Å². The van der Waals surface area contributed by atoms with E-state index >= 15 is 0 Å². The fraction of sp³-hybridized carbons (Fsp3) is 0.480. The van der Waals surface area contributed by atoms with Crippen molar-refractivity contribution in [3.8, 4) is 11.5 Å². The zero-order chi connectivity index (χ0) is 20.5. The summed E-state index contributed by atoms with van der Waals surface area (Å²) < 4.78 is 11.7. The van der Waals surface area contributed by atoms with Gasteiger partial charge in [-0.15, -0.1) is 0 Å². The minimum atomic E-state index is -0.0451. The van der Waals surface area contributed by atoms with Crippen LogP contribution in [0.3, 0.4) is 0 Å². The second kappa shape index (κ2) is 8.31. The zero-order valence-corrected chi connectivity index (χ0v) is 17.6. The molecule has 158 valence electrons. The average molecular weight is 407 g/mol. The van der Waals surface area contributed by atoms with Gasteiger partial charge in [0.05, 0.1) is 12.7 Å². The van der Waals surface area contributed by atoms with Gasteiger partial charge >= 0.3 is 0 Å². The van der Waals surface area contributed by atoms with E-state index < -0.39 is 0 Å². The fourth-order valence-corrected chi connectivity index (χ4v) is 4.74. The van der Waals surface area contributed by atoms with E-state index in [9.17, 15) is 4.79 Å². The Morgan fingerprint density at radius 2 is 1.70 bits per heavy atom. The molecule has 5 rings (SSSR count). The quantitative estimate of drug-likeness (QED) is 0.796. The van der Waals surface area contributed by atoms with Gasteiger partial charge in [-0.25, -0.2) is 0 Å². The number of carbonyl (C=O) groups excluding carboxylic acids is 1. The van der Waals surface area contributed by atoms with Crippen molar-refractivity contribution in [2.75, 3.05) is 20.2 Å². The highest BCUT2D eigenvalue weighted by molar-refractivity contribution is 5.97. The Morgan fingerprint density at radius 3 is 2.33 bits per heavy atom. The van der Waals surface area contributed by atoms with Crippen LogP contribution < -0.4 is 14.8 Å². The van der Waals surface area contributed by atoms with Crippen molar-refractivity contribution in [3.05, 3.63) is 59.2 Å². The fourth-order valence-electron chi connectivity index (χ4n) is 4.74. The monoisotopic (exact) mass is 406 g/mol. The molecule has 5 nitrogen and oxygen atoms in total. The summed E-state index contributed by atoms with van der Waals surface area (Å²) in [6.07, 6.45) is 6.54. The smallest absolute Gasteiger partial charge is 0.255 e. The predicted molar refractivity (Wildman–Crippen MR) is 116 cm³/mol. The number of methoxy groups -OCH3 is 1. The first kappa shape index (κ1) is 19.4.